The van der Waals surface area contributed by atoms with E-state index in [1.165, 1.54) is 0 Å². The maximum atomic E-state index is 11.8. The lowest BCUT2D eigenvalue weighted by Gasteiger charge is -2.04. The number of unbranched alkanes of at least 4 members (excludes halogenated alkanes) is 1. The van der Waals surface area contributed by atoms with Gasteiger partial charge in [0.15, 0.2) is 0 Å². The molecule has 106 valence electrons. The summed E-state index contributed by atoms with van der Waals surface area (Å²) >= 11 is 0. The maximum Gasteiger partial charge on any atom is 0.303 e. The van der Waals surface area contributed by atoms with Crippen molar-refractivity contribution in [3.63, 3.8) is 0 Å². The molecule has 2 heterocycles. The van der Waals surface area contributed by atoms with Crippen LogP contribution in [0.5, 0.6) is 0 Å². The van der Waals surface area contributed by atoms with Gasteiger partial charge in [0.05, 0.1) is 6.42 Å². The summed E-state index contributed by atoms with van der Waals surface area (Å²) in [5.41, 5.74) is 1.69. The van der Waals surface area contributed by atoms with Crippen LogP contribution >= 0.6 is 0 Å². The molecule has 1 amide bonds. The zero-order valence-corrected chi connectivity index (χ0v) is 11.1. The second kappa shape index (κ2) is 6.70. The van der Waals surface area contributed by atoms with Crippen LogP contribution in [0.25, 0.3) is 11.0 Å². The van der Waals surface area contributed by atoms with Crippen molar-refractivity contribution >= 4 is 22.9 Å². The number of carboxylic acids is 1. The lowest BCUT2D eigenvalue weighted by molar-refractivity contribution is -0.137. The molecule has 20 heavy (non-hydrogen) atoms. The van der Waals surface area contributed by atoms with Crippen molar-refractivity contribution in [2.75, 3.05) is 6.54 Å². The van der Waals surface area contributed by atoms with Crippen LogP contribution in [0.3, 0.4) is 0 Å². The fourth-order valence-corrected chi connectivity index (χ4v) is 2.02. The van der Waals surface area contributed by atoms with E-state index < -0.39 is 5.97 Å². The number of nitrogens with one attached hydrogen (secondary N) is 2. The molecule has 2 rings (SSSR count). The normalized spacial score (nSPS) is 10.6. The van der Waals surface area contributed by atoms with Crippen LogP contribution in [0.4, 0.5) is 0 Å². The summed E-state index contributed by atoms with van der Waals surface area (Å²) < 4.78 is 0. The summed E-state index contributed by atoms with van der Waals surface area (Å²) in [7, 11) is 0. The van der Waals surface area contributed by atoms with E-state index in [4.69, 9.17) is 5.11 Å². The van der Waals surface area contributed by atoms with E-state index in [2.05, 4.69) is 15.3 Å². The number of carbonyl (C=O) groups is 2. The van der Waals surface area contributed by atoms with Gasteiger partial charge in [-0.05, 0) is 30.5 Å². The van der Waals surface area contributed by atoms with Crippen LogP contribution < -0.4 is 5.32 Å². The van der Waals surface area contributed by atoms with Crippen molar-refractivity contribution in [1.82, 2.24) is 15.3 Å². The minimum Gasteiger partial charge on any atom is -0.481 e. The first-order valence-corrected chi connectivity index (χ1v) is 6.56. The van der Waals surface area contributed by atoms with Gasteiger partial charge < -0.3 is 15.4 Å². The number of fused-ring (bicyclic) bond motifs is 1. The number of hydrogen-bond acceptors (Lipinski definition) is 3. The highest BCUT2D eigenvalue weighted by molar-refractivity contribution is 5.86. The molecule has 0 aromatic carbocycles. The van der Waals surface area contributed by atoms with Gasteiger partial charge in [-0.2, -0.15) is 0 Å². The van der Waals surface area contributed by atoms with Gasteiger partial charge in [0, 0.05) is 30.7 Å². The molecule has 0 aliphatic rings. The van der Waals surface area contributed by atoms with E-state index in [1.54, 1.807) is 12.4 Å². The third kappa shape index (κ3) is 3.81. The predicted molar refractivity (Wildman–Crippen MR) is 74.3 cm³/mol. The lowest BCUT2D eigenvalue weighted by Crippen LogP contribution is -2.26. The highest BCUT2D eigenvalue weighted by atomic mass is 16.4. The van der Waals surface area contributed by atoms with Gasteiger partial charge in [-0.15, -0.1) is 0 Å². The van der Waals surface area contributed by atoms with Crippen LogP contribution in [0.1, 0.15) is 24.8 Å². The minimum absolute atomic E-state index is 0.0647. The van der Waals surface area contributed by atoms with Gasteiger partial charge in [0.1, 0.15) is 5.65 Å². The number of aromatic amines is 1. The van der Waals surface area contributed by atoms with Crippen molar-refractivity contribution in [2.45, 2.75) is 25.7 Å². The molecule has 0 saturated carbocycles. The second-order valence-electron chi connectivity index (χ2n) is 4.59. The van der Waals surface area contributed by atoms with Crippen LogP contribution in [-0.4, -0.2) is 33.5 Å². The van der Waals surface area contributed by atoms with E-state index in [1.807, 2.05) is 12.1 Å². The topological polar surface area (TPSA) is 95.1 Å². The SMILES string of the molecule is O=C(O)CCCCNC(=O)Cc1c[nH]c2ncccc12. The van der Waals surface area contributed by atoms with Crippen LogP contribution in [0, 0.1) is 0 Å². The first-order chi connectivity index (χ1) is 9.66. The molecular weight excluding hydrogens is 258 g/mol. The Morgan fingerprint density at radius 1 is 1.35 bits per heavy atom. The van der Waals surface area contributed by atoms with Crippen LogP contribution in [0.2, 0.25) is 0 Å². The van der Waals surface area contributed by atoms with Crippen molar-refractivity contribution in [2.24, 2.45) is 0 Å². The first-order valence-electron chi connectivity index (χ1n) is 6.56. The Labute approximate surface area is 116 Å². The zero-order valence-electron chi connectivity index (χ0n) is 11.1. The van der Waals surface area contributed by atoms with Crippen LogP contribution in [0.15, 0.2) is 24.5 Å². The van der Waals surface area contributed by atoms with Gasteiger partial charge in [-0.1, -0.05) is 0 Å². The smallest absolute Gasteiger partial charge is 0.303 e. The largest absolute Gasteiger partial charge is 0.481 e. The molecular formula is C14H17N3O3. The number of aliphatic carboxylic acids is 1. The van der Waals surface area contributed by atoms with Gasteiger partial charge in [0.2, 0.25) is 5.91 Å². The summed E-state index contributed by atoms with van der Waals surface area (Å²) in [4.78, 5) is 29.3. The van der Waals surface area contributed by atoms with Crippen molar-refractivity contribution < 1.29 is 14.7 Å². The summed E-state index contributed by atoms with van der Waals surface area (Å²) in [6, 6.07) is 3.76. The highest BCUT2D eigenvalue weighted by Crippen LogP contribution is 2.15. The molecule has 0 fully saturated rings. The fraction of sp³-hybridized carbons (Fsp3) is 0.357. The van der Waals surface area contributed by atoms with E-state index in [-0.39, 0.29) is 12.3 Å². The molecule has 0 unspecified atom stereocenters. The predicted octanol–water partition coefficient (Wildman–Crippen LogP) is 1.48. The Morgan fingerprint density at radius 2 is 2.20 bits per heavy atom. The highest BCUT2D eigenvalue weighted by Gasteiger charge is 2.08. The Kier molecular flexibility index (Phi) is 4.70. The number of nitrogens with zero attached hydrogens (tertiary/aromatic N) is 1. The summed E-state index contributed by atoms with van der Waals surface area (Å²) in [5.74, 6) is -0.868. The summed E-state index contributed by atoms with van der Waals surface area (Å²) in [6.07, 6.45) is 5.18. The molecule has 0 spiro atoms. The number of H-pyrrole nitrogens is 1. The molecule has 0 saturated heterocycles. The van der Waals surface area contributed by atoms with Crippen molar-refractivity contribution in [3.8, 4) is 0 Å². The molecule has 0 bridgehead atoms. The van der Waals surface area contributed by atoms with Gasteiger partial charge in [-0.3, -0.25) is 9.59 Å². The number of carbonyl (C=O) groups excluding carboxylic acids is 1. The Bertz CT molecular complexity index is 606. The van der Waals surface area contributed by atoms with Crippen molar-refractivity contribution in [3.05, 3.63) is 30.1 Å². The number of amides is 1. The standard InChI is InChI=1S/C14H17N3O3/c18-12(15-6-2-1-5-13(19)20)8-10-9-17-14-11(10)4-3-7-16-14/h3-4,7,9H,1-2,5-6,8H2,(H,15,18)(H,16,17)(H,19,20). The molecule has 0 atom stereocenters. The maximum absolute atomic E-state index is 11.8. The lowest BCUT2D eigenvalue weighted by atomic mass is 10.1. The van der Waals surface area contributed by atoms with Gasteiger partial charge in [-0.25, -0.2) is 4.98 Å². The number of aromatic nitrogens is 2. The summed E-state index contributed by atoms with van der Waals surface area (Å²) in [6.45, 7) is 0.507. The van der Waals surface area contributed by atoms with E-state index >= 15 is 0 Å². The second-order valence-corrected chi connectivity index (χ2v) is 4.59. The molecule has 3 N–H and O–H groups in total. The van der Waals surface area contributed by atoms with E-state index in [9.17, 15) is 9.59 Å². The van der Waals surface area contributed by atoms with Crippen LogP contribution in [-0.2, 0) is 16.0 Å². The number of pyridine rings is 1. The molecule has 0 aliphatic heterocycles. The third-order valence-electron chi connectivity index (χ3n) is 3.03. The van der Waals surface area contributed by atoms with E-state index in [0.29, 0.717) is 25.8 Å². The molecule has 0 aliphatic carbocycles. The third-order valence-corrected chi connectivity index (χ3v) is 3.03. The zero-order chi connectivity index (χ0) is 14.4. The monoisotopic (exact) mass is 275 g/mol. The average Bonchev–Trinajstić information content (AvgIpc) is 2.81. The molecule has 6 heteroatoms. The molecule has 2 aromatic rings. The van der Waals surface area contributed by atoms with Crippen molar-refractivity contribution in [1.29, 1.82) is 0 Å². The Morgan fingerprint density at radius 3 is 3.00 bits per heavy atom. The average molecular weight is 275 g/mol. The fourth-order valence-electron chi connectivity index (χ4n) is 2.02. The van der Waals surface area contributed by atoms with Gasteiger partial charge >= 0.3 is 5.97 Å². The molecule has 6 nitrogen and oxygen atoms in total. The number of carboxylic acid groups (broad SMARTS) is 1. The molecule has 2 aromatic heterocycles. The minimum atomic E-state index is -0.803. The Balaban J connectivity index is 1.78. The molecule has 0 radical (unpaired) electrons. The quantitative estimate of drug-likeness (QED) is 0.667. The number of hydrogen-bond donors (Lipinski definition) is 3. The number of rotatable bonds is 7. The Hall–Kier alpha value is -2.37. The first kappa shape index (κ1) is 14.0. The van der Waals surface area contributed by atoms with Gasteiger partial charge in [0.25, 0.3) is 0 Å². The van der Waals surface area contributed by atoms with E-state index in [0.717, 1.165) is 16.6 Å². The summed E-state index contributed by atoms with van der Waals surface area (Å²) in [5, 5.41) is 12.2.